The number of thioether (sulfide) groups is 1. The number of carbonyl (C=O) groups is 4. The molecule has 3 heterocycles. The first-order valence-electron chi connectivity index (χ1n) is 7.68. The number of hydrogen-bond donors (Lipinski definition) is 2. The molecule has 2 saturated heterocycles. The van der Waals surface area contributed by atoms with Crippen LogP contribution in [0.5, 0.6) is 0 Å². The number of aliphatic carboxylic acids is 1. The maximum atomic E-state index is 12.7. The third kappa shape index (κ3) is 3.01. The molecule has 0 spiro atoms. The van der Waals surface area contributed by atoms with Crippen molar-refractivity contribution in [3.63, 3.8) is 0 Å². The van der Waals surface area contributed by atoms with Gasteiger partial charge < -0.3 is 20.5 Å². The molecule has 9 nitrogen and oxygen atoms in total. The third-order valence-electron chi connectivity index (χ3n) is 4.42. The number of anilines is 1. The number of amides is 3. The highest BCUT2D eigenvalue weighted by molar-refractivity contribution is 8.00. The van der Waals surface area contributed by atoms with Crippen LogP contribution in [0, 0.1) is 5.41 Å². The second-order valence-corrected chi connectivity index (χ2v) is 8.18. The van der Waals surface area contributed by atoms with E-state index in [2.05, 4.69) is 0 Å². The van der Waals surface area contributed by atoms with Gasteiger partial charge in [0.2, 0.25) is 11.8 Å². The Bertz CT molecular complexity index is 755. The summed E-state index contributed by atoms with van der Waals surface area (Å²) in [5.74, 6) is -1.60. The van der Waals surface area contributed by atoms with E-state index in [4.69, 9.17) is 10.5 Å². The van der Waals surface area contributed by atoms with Crippen LogP contribution in [0.4, 0.5) is 9.80 Å². The smallest absolute Gasteiger partial charge is 0.404 e. The second kappa shape index (κ2) is 6.80. The summed E-state index contributed by atoms with van der Waals surface area (Å²) in [4.78, 5) is 50.2. The van der Waals surface area contributed by atoms with Gasteiger partial charge in [0, 0.05) is 19.2 Å². The maximum absolute atomic E-state index is 12.7. The number of thiophene rings is 1. The molecule has 2 fully saturated rings. The Morgan fingerprint density at radius 1 is 1.50 bits per heavy atom. The first kappa shape index (κ1) is 18.5. The molecule has 0 saturated carbocycles. The average molecular weight is 399 g/mol. The van der Waals surface area contributed by atoms with Gasteiger partial charge in [-0.3, -0.25) is 19.3 Å². The molecule has 3 rings (SSSR count). The molecule has 3 N–H and O–H groups in total. The van der Waals surface area contributed by atoms with Gasteiger partial charge in [-0.25, -0.2) is 4.79 Å². The Morgan fingerprint density at radius 3 is 2.77 bits per heavy atom. The quantitative estimate of drug-likeness (QED) is 0.692. The summed E-state index contributed by atoms with van der Waals surface area (Å²) in [5.41, 5.74) is 3.52. The van der Waals surface area contributed by atoms with Crippen LogP contribution >= 0.6 is 23.1 Å². The fraction of sp³-hybridized carbons (Fsp3) is 0.467. The van der Waals surface area contributed by atoms with E-state index in [1.54, 1.807) is 12.1 Å². The normalized spacial score (nSPS) is 27.3. The second-order valence-electron chi connectivity index (χ2n) is 6.15. The predicted octanol–water partition coefficient (Wildman–Crippen LogP) is 0.551. The van der Waals surface area contributed by atoms with Crippen LogP contribution in [0.15, 0.2) is 17.5 Å². The van der Waals surface area contributed by atoms with E-state index in [9.17, 15) is 24.3 Å². The molecule has 3 atom stereocenters. The lowest BCUT2D eigenvalue weighted by Gasteiger charge is -2.55. The summed E-state index contributed by atoms with van der Waals surface area (Å²) in [6.45, 7) is 0.886. The van der Waals surface area contributed by atoms with Crippen molar-refractivity contribution in [1.29, 1.82) is 0 Å². The number of rotatable bonds is 5. The first-order valence-corrected chi connectivity index (χ1v) is 9.61. The Kier molecular flexibility index (Phi) is 4.84. The SMILES string of the molecule is CC(=O)N(c1cccs1)C1C(=O)N2CC(COC(N)=O)(C(=O)O)CS[C@H]12. The highest BCUT2D eigenvalue weighted by atomic mass is 32.2. The van der Waals surface area contributed by atoms with E-state index in [0.29, 0.717) is 5.00 Å². The van der Waals surface area contributed by atoms with Gasteiger partial charge in [0.15, 0.2) is 0 Å². The number of carboxylic acid groups (broad SMARTS) is 1. The number of nitrogens with zero attached hydrogens (tertiary/aromatic N) is 2. The monoisotopic (exact) mass is 399 g/mol. The summed E-state index contributed by atoms with van der Waals surface area (Å²) in [6.07, 6.45) is -1.06. The van der Waals surface area contributed by atoms with Crippen molar-refractivity contribution in [2.75, 3.05) is 23.8 Å². The highest BCUT2D eigenvalue weighted by Gasteiger charge is 2.60. The summed E-state index contributed by atoms with van der Waals surface area (Å²) in [7, 11) is 0. The zero-order valence-electron chi connectivity index (χ0n) is 13.8. The molecule has 2 unspecified atom stereocenters. The van der Waals surface area contributed by atoms with Gasteiger partial charge >= 0.3 is 12.1 Å². The molecule has 0 bridgehead atoms. The topological polar surface area (TPSA) is 130 Å². The summed E-state index contributed by atoms with van der Waals surface area (Å²) in [5, 5.41) is 11.7. The van der Waals surface area contributed by atoms with E-state index in [1.165, 1.54) is 39.8 Å². The number of primary amides is 1. The molecule has 2 aliphatic heterocycles. The van der Waals surface area contributed by atoms with Gasteiger partial charge in [-0.2, -0.15) is 0 Å². The lowest BCUT2D eigenvalue weighted by atomic mass is 9.88. The van der Waals surface area contributed by atoms with Gasteiger partial charge in [0.05, 0.1) is 5.00 Å². The van der Waals surface area contributed by atoms with Crippen LogP contribution in [-0.4, -0.2) is 64.2 Å². The third-order valence-corrected chi connectivity index (χ3v) is 6.86. The molecule has 140 valence electrons. The fourth-order valence-corrected chi connectivity index (χ4v) is 5.47. The zero-order valence-corrected chi connectivity index (χ0v) is 15.4. The van der Waals surface area contributed by atoms with Crippen LogP contribution < -0.4 is 10.6 Å². The van der Waals surface area contributed by atoms with Gasteiger partial charge in [-0.05, 0) is 17.5 Å². The molecule has 11 heteroatoms. The maximum Gasteiger partial charge on any atom is 0.404 e. The summed E-state index contributed by atoms with van der Waals surface area (Å²) >= 11 is 2.61. The first-order chi connectivity index (χ1) is 12.3. The number of fused-ring (bicyclic) bond motifs is 1. The minimum atomic E-state index is -1.42. The Balaban J connectivity index is 1.79. The molecule has 26 heavy (non-hydrogen) atoms. The van der Waals surface area contributed by atoms with E-state index in [1.807, 2.05) is 5.38 Å². The fourth-order valence-electron chi connectivity index (χ4n) is 3.09. The lowest BCUT2D eigenvalue weighted by molar-refractivity contribution is -0.159. The van der Waals surface area contributed by atoms with Crippen LogP contribution in [0.2, 0.25) is 0 Å². The summed E-state index contributed by atoms with van der Waals surface area (Å²) < 4.78 is 4.70. The van der Waals surface area contributed by atoms with Crippen LogP contribution in [0.3, 0.4) is 0 Å². The van der Waals surface area contributed by atoms with Crippen LogP contribution in [-0.2, 0) is 19.1 Å². The molecule has 3 amide bonds. The Morgan fingerprint density at radius 2 is 2.23 bits per heavy atom. The molecule has 0 aromatic carbocycles. The van der Waals surface area contributed by atoms with Gasteiger partial charge in [-0.15, -0.1) is 23.1 Å². The van der Waals surface area contributed by atoms with Crippen LogP contribution in [0.1, 0.15) is 6.92 Å². The van der Waals surface area contributed by atoms with E-state index < -0.39 is 30.1 Å². The van der Waals surface area contributed by atoms with Crippen LogP contribution in [0.25, 0.3) is 0 Å². The summed E-state index contributed by atoms with van der Waals surface area (Å²) in [6, 6.07) is 2.89. The number of nitrogens with two attached hydrogens (primary N) is 1. The van der Waals surface area contributed by atoms with Crippen molar-refractivity contribution in [3.8, 4) is 0 Å². The highest BCUT2D eigenvalue weighted by Crippen LogP contribution is 2.45. The van der Waals surface area contributed by atoms with Crippen molar-refractivity contribution >= 4 is 52.0 Å². The average Bonchev–Trinajstić information content (AvgIpc) is 3.10. The van der Waals surface area contributed by atoms with Crippen molar-refractivity contribution in [3.05, 3.63) is 17.5 Å². The predicted molar refractivity (Wildman–Crippen MR) is 94.8 cm³/mol. The molecule has 0 radical (unpaired) electrons. The minimum absolute atomic E-state index is 0.0984. The van der Waals surface area contributed by atoms with E-state index >= 15 is 0 Å². The minimum Gasteiger partial charge on any atom is -0.481 e. The molecule has 0 aliphatic carbocycles. The molecule has 1 aromatic rings. The number of carboxylic acids is 1. The zero-order chi connectivity index (χ0) is 19.1. The molecular formula is C15H17N3O6S2. The van der Waals surface area contributed by atoms with Crippen molar-refractivity contribution in [2.24, 2.45) is 11.1 Å². The largest absolute Gasteiger partial charge is 0.481 e. The number of carbonyl (C=O) groups excluding carboxylic acids is 3. The van der Waals surface area contributed by atoms with Crippen molar-refractivity contribution in [2.45, 2.75) is 18.3 Å². The van der Waals surface area contributed by atoms with Gasteiger partial charge in [0.1, 0.15) is 23.4 Å². The Labute approximate surface area is 157 Å². The molecule has 1 aromatic heterocycles. The molecular weight excluding hydrogens is 382 g/mol. The Hall–Kier alpha value is -2.27. The molecule has 2 aliphatic rings. The van der Waals surface area contributed by atoms with Crippen molar-refractivity contribution < 1.29 is 29.0 Å². The standard InChI is InChI=1S/C15H17N3O6S2/c1-8(19)18(9-3-2-4-25-9)10-11(20)17-5-15(13(21)22,6-24-14(16)23)7-26-12(10)17/h2-4,10,12H,5-7H2,1H3,(H2,16,23)(H,21,22)/t10?,12-,15?/m1/s1. The van der Waals surface area contributed by atoms with Crippen molar-refractivity contribution in [1.82, 2.24) is 4.90 Å². The number of ether oxygens (including phenoxy) is 1. The van der Waals surface area contributed by atoms with Gasteiger partial charge in [-0.1, -0.05) is 0 Å². The van der Waals surface area contributed by atoms with E-state index in [0.717, 1.165) is 0 Å². The van der Waals surface area contributed by atoms with Gasteiger partial charge in [0.25, 0.3) is 0 Å². The number of hydrogen-bond acceptors (Lipinski definition) is 7. The lowest BCUT2D eigenvalue weighted by Crippen LogP contribution is -2.74. The number of β-lactam (4-membered cyclic amide) rings is 1. The van der Waals surface area contributed by atoms with E-state index in [-0.39, 0.29) is 29.5 Å².